The SMILES string of the molecule is CC(C)(C)OC(=O)N1CC(O[Si](C)(C)C(C)(C)C)CC[C@H]1CC(=O)N1CCCC1. The van der Waals surface area contributed by atoms with Crippen LogP contribution in [0.2, 0.25) is 18.1 Å². The highest BCUT2D eigenvalue weighted by atomic mass is 28.4. The molecule has 2 saturated heterocycles. The van der Waals surface area contributed by atoms with Gasteiger partial charge in [-0.25, -0.2) is 4.79 Å². The number of piperidine rings is 1. The van der Waals surface area contributed by atoms with Gasteiger partial charge in [0.25, 0.3) is 0 Å². The van der Waals surface area contributed by atoms with E-state index in [9.17, 15) is 9.59 Å². The van der Waals surface area contributed by atoms with Crippen LogP contribution in [0.25, 0.3) is 0 Å². The van der Waals surface area contributed by atoms with E-state index < -0.39 is 13.9 Å². The Labute approximate surface area is 178 Å². The number of carbonyl (C=O) groups is 2. The molecule has 0 N–H and O–H groups in total. The molecule has 29 heavy (non-hydrogen) atoms. The second-order valence-corrected chi connectivity index (χ2v) is 15.9. The standard InChI is InChI=1S/C22H42N2O4Si/c1-21(2,3)27-20(26)24-16-18(28-29(7,8)22(4,5)6)12-11-17(24)15-19(25)23-13-9-10-14-23/h17-18H,9-16H2,1-8H3/t17-,18?/m0/s1. The van der Waals surface area contributed by atoms with Gasteiger partial charge in [0.1, 0.15) is 5.60 Å². The van der Waals surface area contributed by atoms with Crippen molar-refractivity contribution in [2.24, 2.45) is 0 Å². The average Bonchev–Trinajstić information content (AvgIpc) is 3.07. The number of hydrogen-bond donors (Lipinski definition) is 0. The lowest BCUT2D eigenvalue weighted by atomic mass is 9.97. The predicted molar refractivity (Wildman–Crippen MR) is 118 cm³/mol. The van der Waals surface area contributed by atoms with Gasteiger partial charge in [0.05, 0.1) is 6.10 Å². The van der Waals surface area contributed by atoms with Crippen LogP contribution in [0.4, 0.5) is 4.79 Å². The van der Waals surface area contributed by atoms with Crippen molar-refractivity contribution in [2.75, 3.05) is 19.6 Å². The number of hydrogen-bond acceptors (Lipinski definition) is 4. The molecule has 2 rings (SSSR count). The van der Waals surface area contributed by atoms with Gasteiger partial charge in [-0.15, -0.1) is 0 Å². The van der Waals surface area contributed by atoms with Crippen molar-refractivity contribution >= 4 is 20.3 Å². The van der Waals surface area contributed by atoms with Gasteiger partial charge < -0.3 is 19.0 Å². The fourth-order valence-corrected chi connectivity index (χ4v) is 5.12. The van der Waals surface area contributed by atoms with E-state index in [4.69, 9.17) is 9.16 Å². The minimum atomic E-state index is -1.93. The molecule has 0 aromatic heterocycles. The number of carbonyl (C=O) groups excluding carboxylic acids is 2. The van der Waals surface area contributed by atoms with Crippen molar-refractivity contribution in [1.29, 1.82) is 0 Å². The number of ether oxygens (including phenoxy) is 1. The molecule has 7 heteroatoms. The molecule has 2 fully saturated rings. The lowest BCUT2D eigenvalue weighted by Gasteiger charge is -2.45. The normalized spacial score (nSPS) is 24.0. The lowest BCUT2D eigenvalue weighted by Crippen LogP contribution is -2.55. The molecule has 0 bridgehead atoms. The van der Waals surface area contributed by atoms with Crippen molar-refractivity contribution in [3.05, 3.63) is 0 Å². The molecule has 0 aromatic rings. The third-order valence-corrected chi connectivity index (χ3v) is 11.0. The van der Waals surface area contributed by atoms with Crippen LogP contribution in [0.1, 0.15) is 73.6 Å². The fraction of sp³-hybridized carbons (Fsp3) is 0.909. The Morgan fingerprint density at radius 3 is 2.10 bits per heavy atom. The van der Waals surface area contributed by atoms with E-state index in [1.165, 1.54) is 0 Å². The summed E-state index contributed by atoms with van der Waals surface area (Å²) in [6, 6.07) is -0.114. The molecule has 0 aliphatic carbocycles. The van der Waals surface area contributed by atoms with Gasteiger partial charge in [0.2, 0.25) is 5.91 Å². The van der Waals surface area contributed by atoms with Gasteiger partial charge >= 0.3 is 6.09 Å². The Morgan fingerprint density at radius 1 is 1.00 bits per heavy atom. The summed E-state index contributed by atoms with van der Waals surface area (Å²) in [6.07, 6.45) is 3.86. The minimum Gasteiger partial charge on any atom is -0.444 e. The van der Waals surface area contributed by atoms with E-state index in [2.05, 4.69) is 33.9 Å². The second-order valence-electron chi connectivity index (χ2n) is 11.2. The zero-order valence-corrected chi connectivity index (χ0v) is 20.8. The molecule has 2 amide bonds. The molecule has 0 aromatic carbocycles. The van der Waals surface area contributed by atoms with Crippen LogP contribution in [0.3, 0.4) is 0 Å². The van der Waals surface area contributed by atoms with E-state index in [-0.39, 0.29) is 29.2 Å². The number of rotatable bonds is 4. The summed E-state index contributed by atoms with van der Waals surface area (Å²) < 4.78 is 12.3. The first-order valence-electron chi connectivity index (χ1n) is 11.1. The molecule has 0 saturated carbocycles. The van der Waals surface area contributed by atoms with Crippen LogP contribution in [-0.4, -0.2) is 67.5 Å². The lowest BCUT2D eigenvalue weighted by molar-refractivity contribution is -0.132. The summed E-state index contributed by atoms with van der Waals surface area (Å²) in [5.41, 5.74) is -0.562. The average molecular weight is 427 g/mol. The van der Waals surface area contributed by atoms with E-state index in [1.54, 1.807) is 4.90 Å². The van der Waals surface area contributed by atoms with E-state index in [0.29, 0.717) is 13.0 Å². The largest absolute Gasteiger partial charge is 0.444 e. The minimum absolute atomic E-state index is 0.00143. The molecule has 2 aliphatic rings. The van der Waals surface area contributed by atoms with E-state index >= 15 is 0 Å². The van der Waals surface area contributed by atoms with Crippen molar-refractivity contribution in [3.63, 3.8) is 0 Å². The highest BCUT2D eigenvalue weighted by molar-refractivity contribution is 6.74. The Bertz CT molecular complexity index is 589. The molecular weight excluding hydrogens is 384 g/mol. The molecule has 6 nitrogen and oxygen atoms in total. The highest BCUT2D eigenvalue weighted by Crippen LogP contribution is 2.39. The maximum absolute atomic E-state index is 13.0. The summed E-state index contributed by atoms with van der Waals surface area (Å²) in [7, 11) is -1.93. The van der Waals surface area contributed by atoms with E-state index in [1.807, 2.05) is 25.7 Å². The number of amides is 2. The Balaban J connectivity index is 2.11. The maximum atomic E-state index is 13.0. The smallest absolute Gasteiger partial charge is 0.410 e. The Morgan fingerprint density at radius 2 is 1.59 bits per heavy atom. The zero-order chi connectivity index (χ0) is 22.0. The monoisotopic (exact) mass is 426 g/mol. The van der Waals surface area contributed by atoms with Crippen LogP contribution < -0.4 is 0 Å². The summed E-state index contributed by atoms with van der Waals surface area (Å²) in [6.45, 7) is 19.0. The molecule has 2 heterocycles. The highest BCUT2D eigenvalue weighted by Gasteiger charge is 2.43. The first-order valence-corrected chi connectivity index (χ1v) is 14.1. The van der Waals surface area contributed by atoms with Gasteiger partial charge in [-0.05, 0) is 64.6 Å². The second kappa shape index (κ2) is 8.96. The van der Waals surface area contributed by atoms with Gasteiger partial charge in [-0.1, -0.05) is 20.8 Å². The van der Waals surface area contributed by atoms with Crippen molar-refractivity contribution in [2.45, 2.75) is 110 Å². The van der Waals surface area contributed by atoms with Crippen LogP contribution in [-0.2, 0) is 14.0 Å². The zero-order valence-electron chi connectivity index (χ0n) is 19.8. The Hall–Kier alpha value is -1.08. The van der Waals surface area contributed by atoms with Gasteiger partial charge in [0, 0.05) is 32.1 Å². The van der Waals surface area contributed by atoms with Gasteiger partial charge in [-0.3, -0.25) is 4.79 Å². The van der Waals surface area contributed by atoms with Gasteiger partial charge in [-0.2, -0.15) is 0 Å². The topological polar surface area (TPSA) is 59.1 Å². The third kappa shape index (κ3) is 6.71. The van der Waals surface area contributed by atoms with Crippen molar-refractivity contribution in [3.8, 4) is 0 Å². The first-order chi connectivity index (χ1) is 13.2. The van der Waals surface area contributed by atoms with E-state index in [0.717, 1.165) is 38.8 Å². The summed E-state index contributed by atoms with van der Waals surface area (Å²) in [4.78, 5) is 29.4. The molecule has 0 radical (unpaired) electrons. The van der Waals surface area contributed by atoms with Crippen LogP contribution >= 0.6 is 0 Å². The van der Waals surface area contributed by atoms with Crippen LogP contribution in [0.5, 0.6) is 0 Å². The Kier molecular flexibility index (Phi) is 7.47. The van der Waals surface area contributed by atoms with Crippen LogP contribution in [0.15, 0.2) is 0 Å². The summed E-state index contributed by atoms with van der Waals surface area (Å²) >= 11 is 0. The third-order valence-electron chi connectivity index (χ3n) is 6.43. The number of nitrogens with zero attached hydrogens (tertiary/aromatic N) is 2. The molecule has 0 spiro atoms. The van der Waals surface area contributed by atoms with Gasteiger partial charge in [0.15, 0.2) is 8.32 Å². The number of likely N-dealkylation sites (tertiary alicyclic amines) is 2. The molecule has 2 atom stereocenters. The van der Waals surface area contributed by atoms with Crippen molar-refractivity contribution in [1.82, 2.24) is 9.80 Å². The molecule has 2 aliphatic heterocycles. The fourth-order valence-electron chi connectivity index (χ4n) is 3.74. The first kappa shape index (κ1) is 24.2. The quantitative estimate of drug-likeness (QED) is 0.607. The maximum Gasteiger partial charge on any atom is 0.410 e. The predicted octanol–water partition coefficient (Wildman–Crippen LogP) is 4.79. The van der Waals surface area contributed by atoms with Crippen LogP contribution in [0, 0.1) is 0 Å². The molecule has 1 unspecified atom stereocenters. The summed E-state index contributed by atoms with van der Waals surface area (Å²) in [5.74, 6) is 0.157. The molecular formula is C22H42N2O4Si. The van der Waals surface area contributed by atoms with Crippen molar-refractivity contribution < 1.29 is 18.8 Å². The molecule has 168 valence electrons. The summed E-state index contributed by atoms with van der Waals surface area (Å²) in [5, 5.41) is 0.117.